The van der Waals surface area contributed by atoms with Crippen LogP contribution in [0, 0.1) is 5.92 Å². The molecule has 0 amide bonds. The van der Waals surface area contributed by atoms with Crippen LogP contribution in [0.3, 0.4) is 0 Å². The Hall–Kier alpha value is -0.120. The van der Waals surface area contributed by atoms with E-state index in [1.165, 1.54) is 19.4 Å². The molecule has 2 saturated heterocycles. The number of hydrogen-bond donors (Lipinski definition) is 1. The lowest BCUT2D eigenvalue weighted by Gasteiger charge is -2.41. The normalized spacial score (nSPS) is 37.8. The summed E-state index contributed by atoms with van der Waals surface area (Å²) < 4.78 is 5.45. The number of nitrogens with zero attached hydrogens (tertiary/aromatic N) is 1. The van der Waals surface area contributed by atoms with Crippen LogP contribution >= 0.6 is 0 Å². The van der Waals surface area contributed by atoms with Crippen LogP contribution in [0.25, 0.3) is 0 Å². The molecule has 0 aromatic carbocycles. The summed E-state index contributed by atoms with van der Waals surface area (Å²) >= 11 is 0. The molecule has 0 aromatic rings. The van der Waals surface area contributed by atoms with Gasteiger partial charge in [-0.3, -0.25) is 4.90 Å². The first-order chi connectivity index (χ1) is 5.90. The van der Waals surface area contributed by atoms with Crippen molar-refractivity contribution in [2.75, 3.05) is 32.8 Å². The van der Waals surface area contributed by atoms with Crippen molar-refractivity contribution in [2.45, 2.75) is 18.9 Å². The number of ether oxygens (including phenoxy) is 1. The van der Waals surface area contributed by atoms with Crippen LogP contribution in [0.15, 0.2) is 0 Å². The maximum Gasteiger partial charge on any atom is 0.0622 e. The van der Waals surface area contributed by atoms with Gasteiger partial charge in [0.15, 0.2) is 0 Å². The van der Waals surface area contributed by atoms with Crippen LogP contribution < -0.4 is 5.73 Å². The summed E-state index contributed by atoms with van der Waals surface area (Å²) in [4.78, 5) is 2.55. The third-order valence-corrected chi connectivity index (χ3v) is 3.11. The molecule has 12 heavy (non-hydrogen) atoms. The van der Waals surface area contributed by atoms with E-state index in [1.807, 2.05) is 0 Å². The van der Waals surface area contributed by atoms with Crippen molar-refractivity contribution in [1.29, 1.82) is 0 Å². The van der Waals surface area contributed by atoms with E-state index >= 15 is 0 Å². The van der Waals surface area contributed by atoms with E-state index in [0.29, 0.717) is 6.04 Å². The van der Waals surface area contributed by atoms with Gasteiger partial charge in [-0.1, -0.05) is 0 Å². The van der Waals surface area contributed by atoms with Gasteiger partial charge in [0.05, 0.1) is 13.2 Å². The number of nitrogens with two attached hydrogens (primary N) is 1. The fourth-order valence-electron chi connectivity index (χ4n) is 2.27. The summed E-state index contributed by atoms with van der Waals surface area (Å²) in [6, 6.07) is 0.668. The van der Waals surface area contributed by atoms with Gasteiger partial charge >= 0.3 is 0 Å². The quantitative estimate of drug-likeness (QED) is 0.604. The van der Waals surface area contributed by atoms with Crippen LogP contribution in [0.1, 0.15) is 12.8 Å². The smallest absolute Gasteiger partial charge is 0.0622 e. The molecule has 2 aliphatic rings. The highest BCUT2D eigenvalue weighted by atomic mass is 16.5. The molecule has 2 N–H and O–H groups in total. The predicted molar refractivity (Wildman–Crippen MR) is 48.0 cm³/mol. The molecule has 2 rings (SSSR count). The second-order valence-electron chi connectivity index (χ2n) is 3.89. The minimum absolute atomic E-state index is 0.668. The second kappa shape index (κ2) is 3.73. The highest BCUT2D eigenvalue weighted by Crippen LogP contribution is 2.23. The van der Waals surface area contributed by atoms with Crippen molar-refractivity contribution < 1.29 is 4.74 Å². The fraction of sp³-hybridized carbons (Fsp3) is 1.00. The van der Waals surface area contributed by atoms with E-state index in [9.17, 15) is 0 Å². The van der Waals surface area contributed by atoms with Crippen molar-refractivity contribution in [3.05, 3.63) is 0 Å². The summed E-state index contributed by atoms with van der Waals surface area (Å²) in [7, 11) is 0. The van der Waals surface area contributed by atoms with E-state index in [4.69, 9.17) is 10.5 Å². The zero-order valence-corrected chi connectivity index (χ0v) is 7.54. The summed E-state index contributed by atoms with van der Waals surface area (Å²) in [6.45, 7) is 5.06. The van der Waals surface area contributed by atoms with Crippen molar-refractivity contribution in [3.63, 3.8) is 0 Å². The number of hydrogen-bond acceptors (Lipinski definition) is 3. The minimum atomic E-state index is 0.668. The molecule has 0 radical (unpaired) electrons. The third-order valence-electron chi connectivity index (χ3n) is 3.11. The molecule has 2 fully saturated rings. The lowest BCUT2D eigenvalue weighted by Crippen LogP contribution is -2.50. The zero-order chi connectivity index (χ0) is 8.39. The van der Waals surface area contributed by atoms with E-state index in [1.54, 1.807) is 0 Å². The Labute approximate surface area is 73.9 Å². The molecule has 3 heteroatoms. The standard InChI is InChI=1S/C9H18N2O/c10-6-8-1-2-11-3-4-12-7-9(11)5-8/h8-9H,1-7,10H2. The van der Waals surface area contributed by atoms with Gasteiger partial charge in [-0.25, -0.2) is 0 Å². The monoisotopic (exact) mass is 170 g/mol. The molecule has 3 nitrogen and oxygen atoms in total. The average molecular weight is 170 g/mol. The summed E-state index contributed by atoms with van der Waals surface area (Å²) in [5, 5.41) is 0. The first kappa shape index (κ1) is 8.48. The Morgan fingerprint density at radius 1 is 1.42 bits per heavy atom. The highest BCUT2D eigenvalue weighted by Gasteiger charge is 2.29. The number of fused-ring (bicyclic) bond motifs is 1. The van der Waals surface area contributed by atoms with Gasteiger partial charge in [0.25, 0.3) is 0 Å². The van der Waals surface area contributed by atoms with Gasteiger partial charge in [-0.15, -0.1) is 0 Å². The van der Waals surface area contributed by atoms with E-state index in [2.05, 4.69) is 4.90 Å². The first-order valence-corrected chi connectivity index (χ1v) is 4.92. The van der Waals surface area contributed by atoms with Gasteiger partial charge in [-0.05, 0) is 31.8 Å². The Balaban J connectivity index is 1.90. The Morgan fingerprint density at radius 3 is 3.17 bits per heavy atom. The van der Waals surface area contributed by atoms with Crippen molar-refractivity contribution in [1.82, 2.24) is 4.90 Å². The molecule has 2 atom stereocenters. The zero-order valence-electron chi connectivity index (χ0n) is 7.54. The Bertz CT molecular complexity index is 151. The van der Waals surface area contributed by atoms with Gasteiger partial charge in [-0.2, -0.15) is 0 Å². The molecule has 2 aliphatic heterocycles. The lowest BCUT2D eigenvalue weighted by molar-refractivity contribution is -0.0340. The molecule has 0 bridgehead atoms. The van der Waals surface area contributed by atoms with Crippen LogP contribution in [-0.2, 0) is 4.74 Å². The molecule has 70 valence electrons. The molecular weight excluding hydrogens is 152 g/mol. The molecule has 0 aliphatic carbocycles. The van der Waals surface area contributed by atoms with Gasteiger partial charge in [0, 0.05) is 12.6 Å². The number of rotatable bonds is 1. The maximum absolute atomic E-state index is 5.67. The molecule has 0 aromatic heterocycles. The fourth-order valence-corrected chi connectivity index (χ4v) is 2.27. The summed E-state index contributed by atoms with van der Waals surface area (Å²) in [6.07, 6.45) is 2.53. The average Bonchev–Trinajstić information content (AvgIpc) is 2.17. The van der Waals surface area contributed by atoms with Crippen molar-refractivity contribution >= 4 is 0 Å². The summed E-state index contributed by atoms with van der Waals surface area (Å²) in [5.74, 6) is 0.743. The molecule has 2 heterocycles. The van der Waals surface area contributed by atoms with Crippen LogP contribution in [0.4, 0.5) is 0 Å². The number of morpholine rings is 1. The minimum Gasteiger partial charge on any atom is -0.378 e. The van der Waals surface area contributed by atoms with Crippen LogP contribution in [0.5, 0.6) is 0 Å². The van der Waals surface area contributed by atoms with E-state index in [-0.39, 0.29) is 0 Å². The lowest BCUT2D eigenvalue weighted by atomic mass is 9.91. The van der Waals surface area contributed by atoms with Crippen LogP contribution in [0.2, 0.25) is 0 Å². The van der Waals surface area contributed by atoms with Crippen molar-refractivity contribution in [3.8, 4) is 0 Å². The largest absolute Gasteiger partial charge is 0.378 e. The van der Waals surface area contributed by atoms with Crippen LogP contribution in [-0.4, -0.2) is 43.8 Å². The van der Waals surface area contributed by atoms with Gasteiger partial charge in [0.2, 0.25) is 0 Å². The molecule has 0 saturated carbocycles. The molecule has 0 spiro atoms. The second-order valence-corrected chi connectivity index (χ2v) is 3.89. The first-order valence-electron chi connectivity index (χ1n) is 4.92. The topological polar surface area (TPSA) is 38.5 Å². The third kappa shape index (κ3) is 1.63. The van der Waals surface area contributed by atoms with E-state index < -0.39 is 0 Å². The SMILES string of the molecule is NCC1CCN2CCOCC2C1. The van der Waals surface area contributed by atoms with E-state index in [0.717, 1.165) is 32.2 Å². The van der Waals surface area contributed by atoms with Crippen molar-refractivity contribution in [2.24, 2.45) is 11.7 Å². The Kier molecular flexibility index (Phi) is 2.63. The molecular formula is C9H18N2O. The maximum atomic E-state index is 5.67. The number of piperidine rings is 1. The predicted octanol–water partition coefficient (Wildman–Crippen LogP) is 0.0559. The van der Waals surface area contributed by atoms with Gasteiger partial charge < -0.3 is 10.5 Å². The Morgan fingerprint density at radius 2 is 2.33 bits per heavy atom. The summed E-state index contributed by atoms with van der Waals surface area (Å²) in [5.41, 5.74) is 5.67. The highest BCUT2D eigenvalue weighted by molar-refractivity contribution is 4.83. The molecule has 2 unspecified atom stereocenters. The van der Waals surface area contributed by atoms with Gasteiger partial charge in [0.1, 0.15) is 0 Å².